The zero-order valence-corrected chi connectivity index (χ0v) is 14.2. The van der Waals surface area contributed by atoms with Crippen LogP contribution in [-0.4, -0.2) is 24.7 Å². The molecule has 4 aromatic rings. The predicted octanol–water partition coefficient (Wildman–Crippen LogP) is 2.70. The van der Waals surface area contributed by atoms with Crippen LogP contribution in [0.1, 0.15) is 5.56 Å². The van der Waals surface area contributed by atoms with E-state index in [-0.39, 0.29) is 0 Å². The van der Waals surface area contributed by atoms with Crippen molar-refractivity contribution in [3.8, 4) is 0 Å². The molecule has 0 unspecified atom stereocenters. The smallest absolute Gasteiger partial charge is 0.171 e. The second kappa shape index (κ2) is 6.67. The SMILES string of the molecule is Cn1ccc(Nc2cnc(N)c(NCc3ccc4ncccc4c3)n2)n1. The van der Waals surface area contributed by atoms with E-state index in [1.165, 1.54) is 0 Å². The van der Waals surface area contributed by atoms with Gasteiger partial charge in [0, 0.05) is 37.4 Å². The fourth-order valence-electron chi connectivity index (χ4n) is 2.62. The van der Waals surface area contributed by atoms with Gasteiger partial charge in [0.25, 0.3) is 0 Å². The number of aryl methyl sites for hydroxylation is 1. The van der Waals surface area contributed by atoms with Gasteiger partial charge in [0.05, 0.1) is 11.7 Å². The minimum atomic E-state index is 0.346. The third-order valence-corrected chi connectivity index (χ3v) is 3.90. The zero-order chi connectivity index (χ0) is 17.9. The van der Waals surface area contributed by atoms with Crippen LogP contribution in [0.25, 0.3) is 10.9 Å². The number of pyridine rings is 1. The van der Waals surface area contributed by atoms with Gasteiger partial charge in [-0.2, -0.15) is 5.10 Å². The summed E-state index contributed by atoms with van der Waals surface area (Å²) in [6, 6.07) is 11.9. The zero-order valence-electron chi connectivity index (χ0n) is 14.2. The number of anilines is 4. The monoisotopic (exact) mass is 346 g/mol. The van der Waals surface area contributed by atoms with E-state index < -0.39 is 0 Å². The number of nitrogen functional groups attached to an aromatic ring is 1. The molecule has 0 bridgehead atoms. The van der Waals surface area contributed by atoms with Crippen molar-refractivity contribution in [2.75, 3.05) is 16.4 Å². The molecule has 0 aliphatic carbocycles. The van der Waals surface area contributed by atoms with E-state index in [4.69, 9.17) is 5.73 Å². The van der Waals surface area contributed by atoms with Crippen LogP contribution in [0.4, 0.5) is 23.3 Å². The summed E-state index contributed by atoms with van der Waals surface area (Å²) in [5.74, 6) is 2.14. The molecule has 0 radical (unpaired) electrons. The lowest BCUT2D eigenvalue weighted by molar-refractivity contribution is 0.771. The van der Waals surface area contributed by atoms with Gasteiger partial charge in [-0.25, -0.2) is 9.97 Å². The lowest BCUT2D eigenvalue weighted by Crippen LogP contribution is -2.08. The quantitative estimate of drug-likeness (QED) is 0.510. The maximum atomic E-state index is 5.95. The molecule has 26 heavy (non-hydrogen) atoms. The number of rotatable bonds is 5. The Hall–Kier alpha value is -3.68. The summed E-state index contributed by atoms with van der Waals surface area (Å²) in [5, 5.41) is 11.7. The van der Waals surface area contributed by atoms with Crippen molar-refractivity contribution >= 4 is 34.2 Å². The summed E-state index contributed by atoms with van der Waals surface area (Å²) in [6.07, 6.45) is 5.22. The number of fused-ring (bicyclic) bond motifs is 1. The Kier molecular flexibility index (Phi) is 4.06. The van der Waals surface area contributed by atoms with Crippen LogP contribution in [0.5, 0.6) is 0 Å². The Morgan fingerprint density at radius 2 is 2.04 bits per heavy atom. The first-order chi connectivity index (χ1) is 12.7. The minimum Gasteiger partial charge on any atom is -0.381 e. The van der Waals surface area contributed by atoms with Gasteiger partial charge in [-0.15, -0.1) is 0 Å². The van der Waals surface area contributed by atoms with E-state index in [2.05, 4.69) is 36.8 Å². The van der Waals surface area contributed by atoms with E-state index in [1.807, 2.05) is 43.6 Å². The molecule has 0 spiro atoms. The molecule has 0 saturated heterocycles. The fourth-order valence-corrected chi connectivity index (χ4v) is 2.62. The van der Waals surface area contributed by atoms with Crippen LogP contribution >= 0.6 is 0 Å². The predicted molar refractivity (Wildman–Crippen MR) is 102 cm³/mol. The maximum absolute atomic E-state index is 5.95. The number of hydrogen-bond acceptors (Lipinski definition) is 7. The highest BCUT2D eigenvalue weighted by atomic mass is 15.3. The van der Waals surface area contributed by atoms with Crippen molar-refractivity contribution in [1.82, 2.24) is 24.7 Å². The Labute approximate surface area is 150 Å². The molecule has 3 heterocycles. The number of nitrogens with one attached hydrogen (secondary N) is 2. The fraction of sp³-hybridized carbons (Fsp3) is 0.111. The van der Waals surface area contributed by atoms with Crippen molar-refractivity contribution in [3.05, 3.63) is 60.6 Å². The van der Waals surface area contributed by atoms with Gasteiger partial charge in [0.1, 0.15) is 0 Å². The highest BCUT2D eigenvalue weighted by Gasteiger charge is 2.07. The van der Waals surface area contributed by atoms with Gasteiger partial charge < -0.3 is 16.4 Å². The maximum Gasteiger partial charge on any atom is 0.171 e. The van der Waals surface area contributed by atoms with Gasteiger partial charge >= 0.3 is 0 Å². The lowest BCUT2D eigenvalue weighted by atomic mass is 10.1. The summed E-state index contributed by atoms with van der Waals surface area (Å²) in [7, 11) is 1.85. The third-order valence-electron chi connectivity index (χ3n) is 3.90. The Balaban J connectivity index is 1.50. The summed E-state index contributed by atoms with van der Waals surface area (Å²) in [4.78, 5) is 13.0. The van der Waals surface area contributed by atoms with Crippen LogP contribution in [0.15, 0.2) is 55.0 Å². The molecule has 0 saturated carbocycles. The van der Waals surface area contributed by atoms with Gasteiger partial charge in [-0.3, -0.25) is 9.67 Å². The first kappa shape index (κ1) is 15.8. The molecule has 1 aromatic carbocycles. The summed E-state index contributed by atoms with van der Waals surface area (Å²) >= 11 is 0. The number of benzene rings is 1. The first-order valence-corrected chi connectivity index (χ1v) is 8.14. The summed E-state index contributed by atoms with van der Waals surface area (Å²) < 4.78 is 1.71. The molecular weight excluding hydrogens is 328 g/mol. The molecule has 0 aliphatic heterocycles. The van der Waals surface area contributed by atoms with Crippen LogP contribution in [0.3, 0.4) is 0 Å². The van der Waals surface area contributed by atoms with Crippen molar-refractivity contribution in [3.63, 3.8) is 0 Å². The van der Waals surface area contributed by atoms with Gasteiger partial charge in [0.15, 0.2) is 23.3 Å². The standard InChI is InChI=1S/C18H18N8/c1-26-8-6-15(25-26)23-16-11-21-17(19)18(24-16)22-10-12-4-5-14-13(9-12)3-2-7-20-14/h2-9,11H,10H2,1H3,(H2,19,21)(H2,22,23,24,25). The topological polar surface area (TPSA) is 107 Å². The lowest BCUT2D eigenvalue weighted by Gasteiger charge is -2.10. The van der Waals surface area contributed by atoms with Gasteiger partial charge in [0.2, 0.25) is 0 Å². The number of nitrogens with zero attached hydrogens (tertiary/aromatic N) is 5. The average Bonchev–Trinajstić information content (AvgIpc) is 3.06. The second-order valence-electron chi connectivity index (χ2n) is 5.87. The summed E-state index contributed by atoms with van der Waals surface area (Å²) in [5.41, 5.74) is 8.02. The van der Waals surface area contributed by atoms with E-state index >= 15 is 0 Å². The third kappa shape index (κ3) is 3.39. The highest BCUT2D eigenvalue weighted by Crippen LogP contribution is 2.20. The summed E-state index contributed by atoms with van der Waals surface area (Å²) in [6.45, 7) is 0.580. The van der Waals surface area contributed by atoms with E-state index in [1.54, 1.807) is 17.1 Å². The van der Waals surface area contributed by atoms with E-state index in [0.29, 0.717) is 29.8 Å². The normalized spacial score (nSPS) is 10.8. The molecule has 0 fully saturated rings. The van der Waals surface area contributed by atoms with E-state index in [0.717, 1.165) is 16.5 Å². The van der Waals surface area contributed by atoms with Crippen molar-refractivity contribution in [1.29, 1.82) is 0 Å². The van der Waals surface area contributed by atoms with Crippen LogP contribution in [-0.2, 0) is 13.6 Å². The minimum absolute atomic E-state index is 0.346. The van der Waals surface area contributed by atoms with Crippen molar-refractivity contribution < 1.29 is 0 Å². The van der Waals surface area contributed by atoms with Crippen molar-refractivity contribution in [2.24, 2.45) is 7.05 Å². The molecule has 0 atom stereocenters. The van der Waals surface area contributed by atoms with E-state index in [9.17, 15) is 0 Å². The number of nitrogens with two attached hydrogens (primary N) is 1. The second-order valence-corrected chi connectivity index (χ2v) is 5.87. The Bertz CT molecular complexity index is 1060. The molecule has 4 N–H and O–H groups in total. The Morgan fingerprint density at radius 1 is 1.12 bits per heavy atom. The van der Waals surface area contributed by atoms with Crippen LogP contribution in [0.2, 0.25) is 0 Å². The molecule has 4 rings (SSSR count). The molecular formula is C18H18N8. The Morgan fingerprint density at radius 3 is 2.88 bits per heavy atom. The molecule has 130 valence electrons. The molecule has 0 aliphatic rings. The van der Waals surface area contributed by atoms with Crippen LogP contribution in [0, 0.1) is 0 Å². The molecule has 8 nitrogen and oxygen atoms in total. The number of aromatic nitrogens is 5. The number of hydrogen-bond donors (Lipinski definition) is 3. The first-order valence-electron chi connectivity index (χ1n) is 8.14. The highest BCUT2D eigenvalue weighted by molar-refractivity contribution is 5.79. The van der Waals surface area contributed by atoms with Crippen molar-refractivity contribution in [2.45, 2.75) is 6.54 Å². The molecule has 3 aromatic heterocycles. The molecule has 8 heteroatoms. The largest absolute Gasteiger partial charge is 0.381 e. The average molecular weight is 346 g/mol. The van der Waals surface area contributed by atoms with Gasteiger partial charge in [-0.1, -0.05) is 12.1 Å². The molecule has 0 amide bonds. The van der Waals surface area contributed by atoms with Gasteiger partial charge in [-0.05, 0) is 23.8 Å². The van der Waals surface area contributed by atoms with Crippen LogP contribution < -0.4 is 16.4 Å².